The number of carbonyl (C=O) groups is 1. The molecule has 0 radical (unpaired) electrons. The van der Waals surface area contributed by atoms with Gasteiger partial charge in [0.05, 0.1) is 19.1 Å². The average molecular weight is 392 g/mol. The number of imidazole rings is 1. The van der Waals surface area contributed by atoms with Crippen LogP contribution in [0.15, 0.2) is 12.4 Å². The van der Waals surface area contributed by atoms with E-state index < -0.39 is 0 Å². The maximum Gasteiger partial charge on any atom is 0.224 e. The largest absolute Gasteiger partial charge is 0.383 e. The van der Waals surface area contributed by atoms with Gasteiger partial charge in [0, 0.05) is 57.8 Å². The van der Waals surface area contributed by atoms with Gasteiger partial charge in [-0.1, -0.05) is 0 Å². The zero-order valence-corrected chi connectivity index (χ0v) is 17.8. The molecule has 2 aliphatic heterocycles. The molecule has 158 valence electrons. The number of likely N-dealkylation sites (tertiary alicyclic amines) is 2. The molecule has 0 aromatic carbocycles. The van der Waals surface area contributed by atoms with Gasteiger partial charge in [0.1, 0.15) is 5.82 Å². The van der Waals surface area contributed by atoms with Crippen molar-refractivity contribution in [1.29, 1.82) is 0 Å². The summed E-state index contributed by atoms with van der Waals surface area (Å²) in [5.74, 6) is 1.49. The number of ether oxygens (including phenoxy) is 1. The smallest absolute Gasteiger partial charge is 0.224 e. The van der Waals surface area contributed by atoms with Crippen molar-refractivity contribution >= 4 is 5.91 Å². The Labute approximate surface area is 169 Å². The Bertz CT molecular complexity index is 610. The maximum absolute atomic E-state index is 12.4. The van der Waals surface area contributed by atoms with Gasteiger partial charge in [-0.2, -0.15) is 0 Å². The average Bonchev–Trinajstić information content (AvgIpc) is 3.17. The molecule has 1 aromatic heterocycles. The number of carbonyl (C=O) groups excluding carboxylic acids is 1. The third-order valence-electron chi connectivity index (χ3n) is 6.17. The normalized spacial score (nSPS) is 22.6. The van der Waals surface area contributed by atoms with Gasteiger partial charge >= 0.3 is 0 Å². The molecule has 0 aliphatic carbocycles. The summed E-state index contributed by atoms with van der Waals surface area (Å²) in [4.78, 5) is 22.1. The summed E-state index contributed by atoms with van der Waals surface area (Å²) in [6.45, 7) is 10.8. The van der Waals surface area contributed by atoms with Gasteiger partial charge in [0.25, 0.3) is 0 Å². The van der Waals surface area contributed by atoms with Gasteiger partial charge in [-0.3, -0.25) is 14.6 Å². The molecule has 2 saturated heterocycles. The van der Waals surface area contributed by atoms with Crippen LogP contribution in [0, 0.1) is 5.92 Å². The highest BCUT2D eigenvalue weighted by molar-refractivity contribution is 5.78. The van der Waals surface area contributed by atoms with Gasteiger partial charge < -0.3 is 14.6 Å². The molecule has 0 spiro atoms. The highest BCUT2D eigenvalue weighted by Gasteiger charge is 2.31. The number of hydrogen-bond acceptors (Lipinski definition) is 5. The quantitative estimate of drug-likeness (QED) is 0.686. The molecular formula is C21H37N5O2. The maximum atomic E-state index is 12.4. The van der Waals surface area contributed by atoms with E-state index in [-0.39, 0.29) is 11.8 Å². The van der Waals surface area contributed by atoms with Crippen LogP contribution in [0.2, 0.25) is 0 Å². The van der Waals surface area contributed by atoms with Crippen LogP contribution in [0.4, 0.5) is 0 Å². The van der Waals surface area contributed by atoms with Crippen molar-refractivity contribution in [3.63, 3.8) is 0 Å². The Kier molecular flexibility index (Phi) is 7.88. The zero-order valence-electron chi connectivity index (χ0n) is 17.8. The first-order chi connectivity index (χ1) is 13.6. The van der Waals surface area contributed by atoms with E-state index in [1.54, 1.807) is 7.11 Å². The fourth-order valence-corrected chi connectivity index (χ4v) is 4.55. The minimum absolute atomic E-state index is 0.127. The molecule has 0 unspecified atom stereocenters. The van der Waals surface area contributed by atoms with Gasteiger partial charge in [-0.15, -0.1) is 0 Å². The van der Waals surface area contributed by atoms with Crippen molar-refractivity contribution < 1.29 is 9.53 Å². The fourth-order valence-electron chi connectivity index (χ4n) is 4.55. The number of piperidine rings is 2. The standard InChI is InChI=1S/C21H37N5O2/c1-17(2)26-13-8-22-20(26)16-24-11-6-19(7-12-24)25-10-4-5-18(15-25)21(27)23-9-14-28-3/h8,13,17-19H,4-7,9-12,14-16H2,1-3H3,(H,23,27)/t18-/m0/s1. The van der Waals surface area contributed by atoms with Crippen molar-refractivity contribution in [2.45, 2.75) is 58.2 Å². The lowest BCUT2D eigenvalue weighted by Gasteiger charge is -2.42. The van der Waals surface area contributed by atoms with Gasteiger partial charge in [0.2, 0.25) is 5.91 Å². The van der Waals surface area contributed by atoms with Gasteiger partial charge in [-0.25, -0.2) is 4.98 Å². The fraction of sp³-hybridized carbons (Fsp3) is 0.810. The Morgan fingerprint density at radius 1 is 1.29 bits per heavy atom. The summed E-state index contributed by atoms with van der Waals surface area (Å²) in [5.41, 5.74) is 0. The molecule has 3 rings (SSSR count). The van der Waals surface area contributed by atoms with Crippen LogP contribution < -0.4 is 5.32 Å². The number of aromatic nitrogens is 2. The first-order valence-corrected chi connectivity index (χ1v) is 10.8. The second-order valence-corrected chi connectivity index (χ2v) is 8.47. The summed E-state index contributed by atoms with van der Waals surface area (Å²) in [7, 11) is 1.66. The Balaban J connectivity index is 1.45. The molecule has 1 atom stereocenters. The third kappa shape index (κ3) is 5.55. The summed E-state index contributed by atoms with van der Waals surface area (Å²) in [6.07, 6.45) is 8.48. The number of amides is 1. The van der Waals surface area contributed by atoms with E-state index in [9.17, 15) is 4.79 Å². The van der Waals surface area contributed by atoms with E-state index in [0.29, 0.717) is 25.2 Å². The van der Waals surface area contributed by atoms with Crippen LogP contribution >= 0.6 is 0 Å². The lowest BCUT2D eigenvalue weighted by Crippen LogP contribution is -2.50. The highest BCUT2D eigenvalue weighted by atomic mass is 16.5. The van der Waals surface area contributed by atoms with E-state index in [4.69, 9.17) is 4.74 Å². The molecule has 28 heavy (non-hydrogen) atoms. The predicted octanol–water partition coefficient (Wildman–Crippen LogP) is 1.90. The van der Waals surface area contributed by atoms with Crippen LogP contribution in [-0.4, -0.2) is 77.7 Å². The molecular weight excluding hydrogens is 354 g/mol. The lowest BCUT2D eigenvalue weighted by molar-refractivity contribution is -0.127. The van der Waals surface area contributed by atoms with Gasteiger partial charge in [-0.05, 0) is 46.1 Å². The van der Waals surface area contributed by atoms with Crippen LogP contribution in [0.3, 0.4) is 0 Å². The molecule has 0 bridgehead atoms. The first kappa shape index (κ1) is 21.3. The van der Waals surface area contributed by atoms with Crippen LogP contribution in [0.25, 0.3) is 0 Å². The molecule has 1 N–H and O–H groups in total. The van der Waals surface area contributed by atoms with Crippen LogP contribution in [-0.2, 0) is 16.1 Å². The molecule has 2 fully saturated rings. The Hall–Kier alpha value is -1.44. The van der Waals surface area contributed by atoms with E-state index in [1.807, 2.05) is 6.20 Å². The first-order valence-electron chi connectivity index (χ1n) is 10.8. The molecule has 0 saturated carbocycles. The second-order valence-electron chi connectivity index (χ2n) is 8.47. The lowest BCUT2D eigenvalue weighted by atomic mass is 9.93. The molecule has 2 aliphatic rings. The number of nitrogens with zero attached hydrogens (tertiary/aromatic N) is 4. The van der Waals surface area contributed by atoms with Gasteiger partial charge in [0.15, 0.2) is 0 Å². The van der Waals surface area contributed by atoms with E-state index in [2.05, 4.69) is 44.7 Å². The molecule has 7 heteroatoms. The van der Waals surface area contributed by atoms with Crippen LogP contribution in [0.5, 0.6) is 0 Å². The number of nitrogens with one attached hydrogen (secondary N) is 1. The molecule has 1 amide bonds. The molecule has 1 aromatic rings. The number of rotatable bonds is 8. The van der Waals surface area contributed by atoms with E-state index >= 15 is 0 Å². The summed E-state index contributed by atoms with van der Waals surface area (Å²) in [5, 5.41) is 3.01. The van der Waals surface area contributed by atoms with Crippen molar-refractivity contribution in [3.8, 4) is 0 Å². The van der Waals surface area contributed by atoms with E-state index in [1.165, 1.54) is 18.7 Å². The van der Waals surface area contributed by atoms with Crippen LogP contribution in [0.1, 0.15) is 51.4 Å². The number of methoxy groups -OCH3 is 1. The predicted molar refractivity (Wildman–Crippen MR) is 110 cm³/mol. The summed E-state index contributed by atoms with van der Waals surface area (Å²) >= 11 is 0. The summed E-state index contributed by atoms with van der Waals surface area (Å²) in [6, 6.07) is 1.06. The zero-order chi connectivity index (χ0) is 19.9. The number of hydrogen-bond donors (Lipinski definition) is 1. The monoisotopic (exact) mass is 391 g/mol. The second kappa shape index (κ2) is 10.4. The van der Waals surface area contributed by atoms with E-state index in [0.717, 1.165) is 45.6 Å². The van der Waals surface area contributed by atoms with Crippen molar-refractivity contribution in [3.05, 3.63) is 18.2 Å². The molecule has 3 heterocycles. The summed E-state index contributed by atoms with van der Waals surface area (Å²) < 4.78 is 7.30. The van der Waals surface area contributed by atoms with Crippen molar-refractivity contribution in [2.24, 2.45) is 5.92 Å². The molecule has 7 nitrogen and oxygen atoms in total. The Morgan fingerprint density at radius 2 is 2.07 bits per heavy atom. The minimum atomic E-state index is 0.127. The van der Waals surface area contributed by atoms with Crippen molar-refractivity contribution in [1.82, 2.24) is 24.7 Å². The third-order valence-corrected chi connectivity index (χ3v) is 6.17. The Morgan fingerprint density at radius 3 is 2.79 bits per heavy atom. The topological polar surface area (TPSA) is 62.6 Å². The van der Waals surface area contributed by atoms with Crippen molar-refractivity contribution in [2.75, 3.05) is 46.4 Å². The SMILES string of the molecule is COCCNC(=O)[C@H]1CCCN(C2CCN(Cc3nccn3C(C)C)CC2)C1. The highest BCUT2D eigenvalue weighted by Crippen LogP contribution is 2.25. The minimum Gasteiger partial charge on any atom is -0.383 e.